The Morgan fingerprint density at radius 1 is 0.623 bits per heavy atom. The van der Waals surface area contributed by atoms with E-state index < -0.39 is 187 Å². The van der Waals surface area contributed by atoms with Crippen LogP contribution in [0.1, 0.15) is 80.1 Å². The van der Waals surface area contributed by atoms with Crippen molar-refractivity contribution in [1.82, 2.24) is 0 Å². The largest absolute Gasteiger partial charge is 0.479 e. The minimum Gasteiger partial charge on any atom is -0.479 e. The molecule has 22 heteroatoms. The highest BCUT2D eigenvalue weighted by molar-refractivity contribution is 5.73. The zero-order valence-electron chi connectivity index (χ0n) is 39.9. The molecule has 0 aromatic heterocycles. The van der Waals surface area contributed by atoms with Crippen molar-refractivity contribution in [1.29, 1.82) is 0 Å². The number of carboxylic acids is 1. The van der Waals surface area contributed by atoms with Gasteiger partial charge < -0.3 is 105 Å². The van der Waals surface area contributed by atoms with Crippen LogP contribution in [0.5, 0.6) is 0 Å². The lowest BCUT2D eigenvalue weighted by molar-refractivity contribution is -0.387. The maximum Gasteiger partial charge on any atom is 0.335 e. The molecule has 0 spiro atoms. The van der Waals surface area contributed by atoms with E-state index in [2.05, 4.69) is 19.9 Å². The van der Waals surface area contributed by atoms with Gasteiger partial charge in [0.15, 0.2) is 25.0 Å². The molecule has 396 valence electrons. The standard InChI is InChI=1S/C47H76O22/c1-42(2)13-19-18-7-8-23-43(3)11-10-24(44(4,16-50)22(43)9-12-45(23,5)46(18,6)35(59)37(61)47(19,17-51)36(60)34(42)58)66-41-33(69-40-29(56)27(54)25(52)20(14-48)64-40)31(30(57)32(68-41)38(62)63)67-39-28(55)26(53)21(15-49)65-39/h7,19-37,39-41,48-61H,8-17H2,1-6H3,(H,62,63)/t19-,20+,21-,22+,23+,24-,25+,26-,27-,28+,29+,30-,31-,32-,33+,34-,35-,36+,37+,39-,40-,41+,43-,44+,45+,46-,47+/m0/s1. The average Bonchev–Trinajstić information content (AvgIpc) is 3.58. The Hall–Kier alpha value is -1.59. The van der Waals surface area contributed by atoms with Crippen LogP contribution in [0.4, 0.5) is 0 Å². The number of carboxylic acid groups (broad SMARTS) is 1. The Balaban J connectivity index is 1.14. The van der Waals surface area contributed by atoms with Gasteiger partial charge in [-0.25, -0.2) is 4.79 Å². The quantitative estimate of drug-likeness (QED) is 0.0697. The smallest absolute Gasteiger partial charge is 0.335 e. The molecule has 0 amide bonds. The molecule has 0 aromatic carbocycles. The molecule has 4 saturated carbocycles. The van der Waals surface area contributed by atoms with Crippen molar-refractivity contribution in [3.63, 3.8) is 0 Å². The Morgan fingerprint density at radius 3 is 1.75 bits per heavy atom. The number of allylic oxidation sites excluding steroid dienone is 1. The first-order chi connectivity index (χ1) is 32.2. The summed E-state index contributed by atoms with van der Waals surface area (Å²) in [7, 11) is 0. The molecule has 5 aliphatic carbocycles. The summed E-state index contributed by atoms with van der Waals surface area (Å²) in [6.45, 7) is 8.92. The lowest BCUT2D eigenvalue weighted by Gasteiger charge is -2.73. The highest BCUT2D eigenvalue weighted by Crippen LogP contribution is 2.76. The van der Waals surface area contributed by atoms with E-state index in [4.69, 9.17) is 28.4 Å². The van der Waals surface area contributed by atoms with Gasteiger partial charge in [-0.1, -0.05) is 53.2 Å². The number of hydrogen-bond donors (Lipinski definition) is 15. The van der Waals surface area contributed by atoms with E-state index in [9.17, 15) is 81.4 Å². The Labute approximate surface area is 400 Å². The van der Waals surface area contributed by atoms with E-state index in [1.54, 1.807) is 0 Å². The second-order valence-electron chi connectivity index (χ2n) is 23.1. The van der Waals surface area contributed by atoms with Crippen LogP contribution >= 0.6 is 0 Å². The molecule has 7 fully saturated rings. The van der Waals surface area contributed by atoms with Gasteiger partial charge in [0.2, 0.25) is 0 Å². The Bertz CT molecular complexity index is 1910. The number of aliphatic hydroxyl groups is 14. The number of hydrogen-bond acceptors (Lipinski definition) is 21. The maximum absolute atomic E-state index is 12.8. The summed E-state index contributed by atoms with van der Waals surface area (Å²) in [5, 5.41) is 165. The number of carbonyl (C=O) groups is 1. The first-order valence-corrected chi connectivity index (χ1v) is 24.3. The molecule has 3 aliphatic heterocycles. The molecule has 3 saturated heterocycles. The molecule has 8 rings (SSSR count). The molecule has 0 unspecified atom stereocenters. The third-order valence-electron chi connectivity index (χ3n) is 19.6. The van der Waals surface area contributed by atoms with Gasteiger partial charge in [-0.15, -0.1) is 0 Å². The van der Waals surface area contributed by atoms with Crippen molar-refractivity contribution in [2.45, 2.75) is 197 Å². The summed E-state index contributed by atoms with van der Waals surface area (Å²) in [5.74, 6) is -2.79. The van der Waals surface area contributed by atoms with Crippen LogP contribution in [-0.2, 0) is 33.2 Å². The fourth-order valence-electron chi connectivity index (χ4n) is 15.3. The van der Waals surface area contributed by atoms with Gasteiger partial charge in [0, 0.05) is 10.8 Å². The van der Waals surface area contributed by atoms with Crippen molar-refractivity contribution in [2.24, 2.45) is 50.2 Å². The summed E-state index contributed by atoms with van der Waals surface area (Å²) in [6, 6.07) is 0. The number of rotatable bonds is 11. The topological polar surface area (TPSA) is 376 Å². The summed E-state index contributed by atoms with van der Waals surface area (Å²) in [6.07, 6.45) is -28.1. The first-order valence-electron chi connectivity index (χ1n) is 24.3. The lowest BCUT2D eigenvalue weighted by Crippen LogP contribution is -2.76. The Morgan fingerprint density at radius 2 is 1.19 bits per heavy atom. The van der Waals surface area contributed by atoms with Gasteiger partial charge in [0.25, 0.3) is 0 Å². The summed E-state index contributed by atoms with van der Waals surface area (Å²) >= 11 is 0. The van der Waals surface area contributed by atoms with Crippen LogP contribution in [0.25, 0.3) is 0 Å². The fourth-order valence-corrected chi connectivity index (χ4v) is 15.3. The van der Waals surface area contributed by atoms with Crippen molar-refractivity contribution in [2.75, 3.05) is 26.4 Å². The molecule has 0 bridgehead atoms. The highest BCUT2D eigenvalue weighted by atomic mass is 16.8. The van der Waals surface area contributed by atoms with Gasteiger partial charge in [-0.05, 0) is 72.5 Å². The van der Waals surface area contributed by atoms with Gasteiger partial charge in [-0.2, -0.15) is 0 Å². The second kappa shape index (κ2) is 18.7. The van der Waals surface area contributed by atoms with Crippen molar-refractivity contribution in [3.05, 3.63) is 11.6 Å². The normalized spacial score (nSPS) is 56.0. The van der Waals surface area contributed by atoms with Crippen LogP contribution in [0.3, 0.4) is 0 Å². The molecule has 15 N–H and O–H groups in total. The van der Waals surface area contributed by atoms with Crippen LogP contribution < -0.4 is 0 Å². The summed E-state index contributed by atoms with van der Waals surface area (Å²) in [4.78, 5) is 12.8. The van der Waals surface area contributed by atoms with E-state index in [1.165, 1.54) is 0 Å². The zero-order valence-corrected chi connectivity index (χ0v) is 39.9. The second-order valence-corrected chi connectivity index (χ2v) is 23.1. The number of aliphatic carboxylic acids is 1. The summed E-state index contributed by atoms with van der Waals surface area (Å²) < 4.78 is 36.0. The van der Waals surface area contributed by atoms with Crippen LogP contribution in [0, 0.1) is 50.2 Å². The van der Waals surface area contributed by atoms with E-state index in [0.717, 1.165) is 5.57 Å². The number of aliphatic hydroxyl groups excluding tert-OH is 14. The van der Waals surface area contributed by atoms with Gasteiger partial charge in [-0.3, -0.25) is 0 Å². The maximum atomic E-state index is 12.8. The van der Waals surface area contributed by atoms with Crippen molar-refractivity contribution in [3.8, 4) is 0 Å². The monoisotopic (exact) mass is 992 g/mol. The lowest BCUT2D eigenvalue weighted by atomic mass is 9.32. The molecule has 27 atom stereocenters. The molecule has 22 nitrogen and oxygen atoms in total. The predicted molar refractivity (Wildman–Crippen MR) is 232 cm³/mol. The van der Waals surface area contributed by atoms with Crippen molar-refractivity contribution < 1.29 is 110 Å². The third kappa shape index (κ3) is 7.68. The minimum absolute atomic E-state index is 0.187. The van der Waals surface area contributed by atoms with Crippen LogP contribution in [0.2, 0.25) is 0 Å². The fraction of sp³-hybridized carbons (Fsp3) is 0.936. The molecule has 8 aliphatic rings. The SMILES string of the molecule is CC1(C)C[C@H]2C3=CC[C@@H]4[C@@]5(C)CC[C@H](O[C@@H]6O[C@H](C(=O)O)[C@@H](O)[C@H](O[C@@H]7O[C@@H](CO)[C@H](O)[C@H]7O)[C@H]6O[C@@H]6O[C@H](CO)[C@@H](O)[C@H](O)[C@H]6O)[C@](C)(CO)[C@@H]5CC[C@@]4(C)[C@]3(C)[C@@H](O)[C@@H](O)[C@@]2(CO)[C@H](O)[C@@H]1O. The zero-order chi connectivity index (χ0) is 50.9. The first kappa shape index (κ1) is 53.7. The van der Waals surface area contributed by atoms with E-state index in [-0.39, 0.29) is 18.3 Å². The Kier molecular flexibility index (Phi) is 14.5. The minimum atomic E-state index is -2.15. The number of ether oxygens (including phenoxy) is 6. The predicted octanol–water partition coefficient (Wildman–Crippen LogP) is -3.80. The van der Waals surface area contributed by atoms with Gasteiger partial charge in [0.1, 0.15) is 61.0 Å². The summed E-state index contributed by atoms with van der Waals surface area (Å²) in [5.41, 5.74) is -5.15. The highest BCUT2D eigenvalue weighted by Gasteiger charge is 2.75. The van der Waals surface area contributed by atoms with E-state index in [1.807, 2.05) is 27.7 Å². The third-order valence-corrected chi connectivity index (χ3v) is 19.6. The van der Waals surface area contributed by atoms with E-state index in [0.29, 0.717) is 32.1 Å². The van der Waals surface area contributed by atoms with Crippen molar-refractivity contribution >= 4 is 5.97 Å². The molecule has 69 heavy (non-hydrogen) atoms. The van der Waals surface area contributed by atoms with Gasteiger partial charge in [0.05, 0.1) is 62.4 Å². The molecule has 0 aromatic rings. The molecular formula is C47H76O22. The molecule has 3 heterocycles. The van der Waals surface area contributed by atoms with E-state index >= 15 is 0 Å². The van der Waals surface area contributed by atoms with Crippen LogP contribution in [-0.4, -0.2) is 226 Å². The van der Waals surface area contributed by atoms with Crippen LogP contribution in [0.15, 0.2) is 11.6 Å². The molecule has 0 radical (unpaired) electrons. The number of fused-ring (bicyclic) bond motifs is 7. The van der Waals surface area contributed by atoms with Gasteiger partial charge >= 0.3 is 5.97 Å². The average molecular weight is 993 g/mol. The molecular weight excluding hydrogens is 916 g/mol.